The van der Waals surface area contributed by atoms with Gasteiger partial charge in [0.05, 0.1) is 18.0 Å². The molecule has 0 aliphatic heterocycles. The van der Waals surface area contributed by atoms with Crippen molar-refractivity contribution >= 4 is 6.09 Å². The van der Waals surface area contributed by atoms with Gasteiger partial charge in [0.2, 0.25) is 0 Å². The molecular weight excluding hydrogens is 216 g/mol. The molecule has 0 atom stereocenters. The van der Waals surface area contributed by atoms with Crippen LogP contribution in [0, 0.1) is 11.3 Å². The molecule has 0 unspecified atom stereocenters. The Morgan fingerprint density at radius 3 is 2.24 bits per heavy atom. The van der Waals surface area contributed by atoms with Crippen molar-refractivity contribution in [3.63, 3.8) is 0 Å². The van der Waals surface area contributed by atoms with Crippen LogP contribution in [0.25, 0.3) is 0 Å². The summed E-state index contributed by atoms with van der Waals surface area (Å²) in [6, 6.07) is 2.18. The number of rotatable bonds is 2. The van der Waals surface area contributed by atoms with Gasteiger partial charge in [-0.25, -0.2) is 4.79 Å². The van der Waals surface area contributed by atoms with Crippen molar-refractivity contribution in [3.8, 4) is 6.07 Å². The van der Waals surface area contributed by atoms with Gasteiger partial charge in [0.15, 0.2) is 0 Å². The van der Waals surface area contributed by atoms with Crippen molar-refractivity contribution in [2.75, 3.05) is 0 Å². The molecule has 0 spiro atoms. The first-order valence-corrected chi connectivity index (χ1v) is 6.24. The first kappa shape index (κ1) is 13.8. The van der Waals surface area contributed by atoms with Crippen LogP contribution < -0.4 is 0 Å². The minimum atomic E-state index is -0.908. The number of carbonyl (C=O) groups is 1. The molecule has 0 heterocycles. The summed E-state index contributed by atoms with van der Waals surface area (Å²) in [5.74, 6) is 0. The second kappa shape index (κ2) is 4.95. The van der Waals surface area contributed by atoms with Crippen LogP contribution in [-0.4, -0.2) is 27.2 Å². The van der Waals surface area contributed by atoms with Gasteiger partial charge in [-0.15, -0.1) is 0 Å². The van der Waals surface area contributed by atoms with Crippen LogP contribution in [0.4, 0.5) is 4.79 Å². The Morgan fingerprint density at radius 1 is 1.35 bits per heavy atom. The monoisotopic (exact) mass is 238 g/mol. The Labute approximate surface area is 103 Å². The summed E-state index contributed by atoms with van der Waals surface area (Å²) >= 11 is 0. The number of nitrogens with zero attached hydrogens (tertiary/aromatic N) is 2. The van der Waals surface area contributed by atoms with E-state index in [1.165, 1.54) is 4.90 Å². The SMILES string of the molecule is CC(C)(C)N(C(=O)O)C1(CC#N)CCCCC1. The van der Waals surface area contributed by atoms with E-state index in [1.807, 2.05) is 20.8 Å². The van der Waals surface area contributed by atoms with Crippen molar-refractivity contribution in [2.45, 2.75) is 70.4 Å². The molecule has 1 fully saturated rings. The van der Waals surface area contributed by atoms with E-state index >= 15 is 0 Å². The molecule has 1 rings (SSSR count). The summed E-state index contributed by atoms with van der Waals surface area (Å²) in [6.45, 7) is 5.69. The maximum absolute atomic E-state index is 11.5. The fourth-order valence-corrected chi connectivity index (χ4v) is 3.04. The number of amides is 1. The van der Waals surface area contributed by atoms with Crippen molar-refractivity contribution in [2.24, 2.45) is 0 Å². The lowest BCUT2D eigenvalue weighted by Crippen LogP contribution is -2.60. The highest BCUT2D eigenvalue weighted by Crippen LogP contribution is 2.40. The molecule has 0 saturated heterocycles. The summed E-state index contributed by atoms with van der Waals surface area (Å²) in [5.41, 5.74) is -0.933. The quantitative estimate of drug-likeness (QED) is 0.802. The van der Waals surface area contributed by atoms with E-state index in [0.29, 0.717) is 6.42 Å². The van der Waals surface area contributed by atoms with Gasteiger partial charge in [-0.3, -0.25) is 4.90 Å². The van der Waals surface area contributed by atoms with Crippen LogP contribution in [0.2, 0.25) is 0 Å². The van der Waals surface area contributed by atoms with Gasteiger partial charge in [-0.1, -0.05) is 19.3 Å². The van der Waals surface area contributed by atoms with Gasteiger partial charge in [-0.2, -0.15) is 5.26 Å². The average molecular weight is 238 g/mol. The van der Waals surface area contributed by atoms with E-state index < -0.39 is 17.2 Å². The lowest BCUT2D eigenvalue weighted by atomic mass is 9.76. The van der Waals surface area contributed by atoms with Gasteiger partial charge < -0.3 is 5.11 Å². The number of nitriles is 1. The minimum absolute atomic E-state index is 0.302. The third-order valence-corrected chi connectivity index (χ3v) is 3.53. The highest BCUT2D eigenvalue weighted by atomic mass is 16.4. The number of hydrogen-bond acceptors (Lipinski definition) is 2. The molecule has 4 heteroatoms. The molecule has 1 N–H and O–H groups in total. The molecule has 4 nitrogen and oxygen atoms in total. The van der Waals surface area contributed by atoms with Gasteiger partial charge in [0.1, 0.15) is 0 Å². The molecule has 1 amide bonds. The van der Waals surface area contributed by atoms with Crippen molar-refractivity contribution in [1.29, 1.82) is 5.26 Å². The first-order chi connectivity index (χ1) is 7.83. The van der Waals surface area contributed by atoms with Crippen molar-refractivity contribution in [1.82, 2.24) is 4.90 Å². The molecule has 0 aromatic heterocycles. The van der Waals surface area contributed by atoms with Crippen molar-refractivity contribution in [3.05, 3.63) is 0 Å². The Balaban J connectivity index is 3.09. The van der Waals surface area contributed by atoms with E-state index in [-0.39, 0.29) is 0 Å². The molecule has 96 valence electrons. The summed E-state index contributed by atoms with van der Waals surface area (Å²) in [6.07, 6.45) is 4.19. The Hall–Kier alpha value is -1.24. The van der Waals surface area contributed by atoms with Gasteiger partial charge in [0.25, 0.3) is 0 Å². The predicted octanol–water partition coefficient (Wildman–Crippen LogP) is 3.38. The lowest BCUT2D eigenvalue weighted by molar-refractivity contribution is -0.00287. The van der Waals surface area contributed by atoms with Gasteiger partial charge >= 0.3 is 6.09 Å². The second-order valence-corrected chi connectivity index (χ2v) is 5.91. The molecule has 0 aromatic rings. The van der Waals surface area contributed by atoms with E-state index in [9.17, 15) is 9.90 Å². The van der Waals surface area contributed by atoms with Crippen LogP contribution in [-0.2, 0) is 0 Å². The van der Waals surface area contributed by atoms with Crippen LogP contribution in [0.1, 0.15) is 59.3 Å². The molecule has 0 radical (unpaired) electrons. The van der Waals surface area contributed by atoms with Crippen LogP contribution in [0.15, 0.2) is 0 Å². The third kappa shape index (κ3) is 2.91. The number of hydrogen-bond donors (Lipinski definition) is 1. The topological polar surface area (TPSA) is 64.3 Å². The summed E-state index contributed by atoms with van der Waals surface area (Å²) < 4.78 is 0. The fraction of sp³-hybridized carbons (Fsp3) is 0.846. The molecular formula is C13H22N2O2. The highest BCUT2D eigenvalue weighted by molar-refractivity contribution is 5.67. The summed E-state index contributed by atoms with van der Waals surface area (Å²) in [5, 5.41) is 18.5. The van der Waals surface area contributed by atoms with Gasteiger partial charge in [0, 0.05) is 5.54 Å². The van der Waals surface area contributed by atoms with E-state index in [0.717, 1.165) is 32.1 Å². The lowest BCUT2D eigenvalue weighted by Gasteiger charge is -2.50. The largest absolute Gasteiger partial charge is 0.465 e. The van der Waals surface area contributed by atoms with E-state index in [2.05, 4.69) is 6.07 Å². The Kier molecular flexibility index (Phi) is 4.03. The molecule has 1 saturated carbocycles. The maximum atomic E-state index is 11.5. The zero-order valence-corrected chi connectivity index (χ0v) is 11.0. The maximum Gasteiger partial charge on any atom is 0.408 e. The number of carboxylic acid groups (broad SMARTS) is 1. The highest BCUT2D eigenvalue weighted by Gasteiger charge is 2.45. The van der Waals surface area contributed by atoms with Crippen molar-refractivity contribution < 1.29 is 9.90 Å². The average Bonchev–Trinajstić information content (AvgIpc) is 2.15. The zero-order valence-electron chi connectivity index (χ0n) is 11.0. The summed E-state index contributed by atoms with van der Waals surface area (Å²) in [4.78, 5) is 13.1. The second-order valence-electron chi connectivity index (χ2n) is 5.91. The smallest absolute Gasteiger partial charge is 0.408 e. The predicted molar refractivity (Wildman–Crippen MR) is 65.7 cm³/mol. The summed E-state index contributed by atoms with van der Waals surface area (Å²) in [7, 11) is 0. The van der Waals surface area contributed by atoms with Crippen LogP contribution in [0.5, 0.6) is 0 Å². The standard InChI is InChI=1S/C13H22N2O2/c1-12(2,3)15(11(16)17)13(9-10-14)7-5-4-6-8-13/h4-9H2,1-3H3,(H,16,17). The molecule has 0 bridgehead atoms. The first-order valence-electron chi connectivity index (χ1n) is 6.24. The normalized spacial score (nSPS) is 19.4. The van der Waals surface area contributed by atoms with Crippen LogP contribution in [0.3, 0.4) is 0 Å². The minimum Gasteiger partial charge on any atom is -0.465 e. The molecule has 1 aliphatic carbocycles. The van der Waals surface area contributed by atoms with E-state index in [1.54, 1.807) is 0 Å². The molecule has 1 aliphatic rings. The Morgan fingerprint density at radius 2 is 1.88 bits per heavy atom. The van der Waals surface area contributed by atoms with Crippen LogP contribution >= 0.6 is 0 Å². The third-order valence-electron chi connectivity index (χ3n) is 3.53. The Bertz CT molecular complexity index is 319. The van der Waals surface area contributed by atoms with E-state index in [4.69, 9.17) is 5.26 Å². The molecule has 0 aromatic carbocycles. The fourth-order valence-electron chi connectivity index (χ4n) is 3.04. The van der Waals surface area contributed by atoms with Gasteiger partial charge in [-0.05, 0) is 33.6 Å². The zero-order chi connectivity index (χ0) is 13.1. The molecule has 17 heavy (non-hydrogen) atoms.